The Bertz CT molecular complexity index is 680. The van der Waals surface area contributed by atoms with E-state index in [1.807, 2.05) is 12.4 Å². The van der Waals surface area contributed by atoms with Crippen LogP contribution in [0.2, 0.25) is 0 Å². The van der Waals surface area contributed by atoms with Crippen LogP contribution in [0, 0.1) is 0 Å². The van der Waals surface area contributed by atoms with E-state index in [2.05, 4.69) is 96.5 Å². The van der Waals surface area contributed by atoms with Crippen molar-refractivity contribution in [3.63, 3.8) is 0 Å². The van der Waals surface area contributed by atoms with E-state index in [-0.39, 0.29) is 15.8 Å². The van der Waals surface area contributed by atoms with Gasteiger partial charge in [0.1, 0.15) is 0 Å². The van der Waals surface area contributed by atoms with Gasteiger partial charge in [-0.25, -0.2) is 0 Å². The molecule has 0 aromatic carbocycles. The molecule has 0 amide bonds. The Morgan fingerprint density at radius 1 is 0.571 bits per heavy atom. The number of hydrogen-bond donors (Lipinski definition) is 0. The van der Waals surface area contributed by atoms with E-state index in [1.165, 1.54) is 21.2 Å². The van der Waals surface area contributed by atoms with Crippen LogP contribution >= 0.6 is 23.8 Å². The lowest BCUT2D eigenvalue weighted by Gasteiger charge is -2.32. The molecule has 2 aromatic heterocycles. The van der Waals surface area contributed by atoms with Crippen LogP contribution in [0.25, 0.3) is 0 Å². The van der Waals surface area contributed by atoms with Gasteiger partial charge in [0.15, 0.2) is 0 Å². The van der Waals surface area contributed by atoms with Gasteiger partial charge in [0, 0.05) is 35.4 Å². The Morgan fingerprint density at radius 3 is 1.18 bits per heavy atom. The summed E-state index contributed by atoms with van der Waals surface area (Å²) in [5.41, 5.74) is 2.67. The molecular formula is C23H37N2P3. The molecule has 0 spiro atoms. The quantitative estimate of drug-likeness (QED) is 0.521. The minimum Gasteiger partial charge on any atom is -0.264 e. The first-order valence-electron chi connectivity index (χ1n) is 10.3. The first-order chi connectivity index (χ1) is 13.2. The smallest absolute Gasteiger partial charge is 0.0351 e. The summed E-state index contributed by atoms with van der Waals surface area (Å²) in [6.07, 6.45) is 8.30. The lowest BCUT2D eigenvalue weighted by atomic mass is 10.5. The third-order valence-corrected chi connectivity index (χ3v) is 13.9. The van der Waals surface area contributed by atoms with Crippen LogP contribution in [0.15, 0.2) is 36.9 Å². The molecule has 28 heavy (non-hydrogen) atoms. The number of rotatable bonds is 8. The zero-order valence-electron chi connectivity index (χ0n) is 19.0. The summed E-state index contributed by atoms with van der Waals surface area (Å²) in [5, 5.41) is 6.07. The number of aromatic nitrogens is 2. The Morgan fingerprint density at radius 2 is 0.893 bits per heavy atom. The van der Waals surface area contributed by atoms with Gasteiger partial charge in [-0.2, -0.15) is 0 Å². The van der Waals surface area contributed by atoms with E-state index >= 15 is 0 Å². The fourth-order valence-corrected chi connectivity index (χ4v) is 13.1. The second-order valence-corrected chi connectivity index (χ2v) is 17.3. The summed E-state index contributed by atoms with van der Waals surface area (Å²) in [6, 6.07) is 4.58. The molecule has 154 valence electrons. The summed E-state index contributed by atoms with van der Waals surface area (Å²) in [5.74, 6) is 0. The third-order valence-electron chi connectivity index (χ3n) is 5.06. The van der Waals surface area contributed by atoms with Gasteiger partial charge in [-0.3, -0.25) is 9.97 Å². The van der Waals surface area contributed by atoms with Crippen molar-refractivity contribution in [3.8, 4) is 0 Å². The van der Waals surface area contributed by atoms with Crippen molar-refractivity contribution >= 4 is 45.0 Å². The molecule has 5 heteroatoms. The summed E-state index contributed by atoms with van der Waals surface area (Å²) in [6.45, 7) is 21.4. The highest BCUT2D eigenvalue weighted by Crippen LogP contribution is 2.48. The van der Waals surface area contributed by atoms with E-state index in [4.69, 9.17) is 0 Å². The topological polar surface area (TPSA) is 25.8 Å². The summed E-state index contributed by atoms with van der Waals surface area (Å²) in [7, 11) is -0.872. The number of pyridine rings is 2. The van der Waals surface area contributed by atoms with Crippen molar-refractivity contribution in [2.24, 2.45) is 0 Å². The van der Waals surface area contributed by atoms with E-state index < -0.39 is 7.92 Å². The predicted octanol–water partition coefficient (Wildman–Crippen LogP) is 5.39. The molecule has 0 fully saturated rings. The predicted molar refractivity (Wildman–Crippen MR) is 134 cm³/mol. The molecule has 0 atom stereocenters. The molecule has 0 aliphatic rings. The first kappa shape index (κ1) is 23.9. The Hall–Kier alpha value is -0.410. The van der Waals surface area contributed by atoms with Crippen LogP contribution in [0.3, 0.4) is 0 Å². The maximum Gasteiger partial charge on any atom is 0.0351 e. The van der Waals surface area contributed by atoms with Crippen molar-refractivity contribution < 1.29 is 0 Å². The van der Waals surface area contributed by atoms with Gasteiger partial charge in [0.25, 0.3) is 0 Å². The number of nitrogens with zero attached hydrogens (tertiary/aromatic N) is 2. The normalized spacial score (nSPS) is 12.6. The largest absolute Gasteiger partial charge is 0.264 e. The zero-order valence-corrected chi connectivity index (χ0v) is 21.7. The lowest BCUT2D eigenvalue weighted by Crippen LogP contribution is -2.35. The maximum atomic E-state index is 4.54. The van der Waals surface area contributed by atoms with E-state index in [0.717, 1.165) is 0 Å². The highest BCUT2D eigenvalue weighted by molar-refractivity contribution is 7.78. The van der Waals surface area contributed by atoms with Crippen molar-refractivity contribution in [2.75, 3.05) is 6.66 Å². The molecule has 0 saturated heterocycles. The highest BCUT2D eigenvalue weighted by Gasteiger charge is 2.28. The first-order valence-corrected chi connectivity index (χ1v) is 15.1. The van der Waals surface area contributed by atoms with Crippen molar-refractivity contribution in [3.05, 3.63) is 36.9 Å². The molecule has 0 N–H and O–H groups in total. The van der Waals surface area contributed by atoms with Crippen molar-refractivity contribution in [1.29, 1.82) is 0 Å². The Labute approximate surface area is 176 Å². The third kappa shape index (κ3) is 5.39. The summed E-state index contributed by atoms with van der Waals surface area (Å²) in [4.78, 5) is 9.08. The van der Waals surface area contributed by atoms with Gasteiger partial charge in [-0.15, -0.1) is 0 Å². The van der Waals surface area contributed by atoms with Crippen molar-refractivity contribution in [1.82, 2.24) is 9.97 Å². The van der Waals surface area contributed by atoms with Crippen LogP contribution in [0.4, 0.5) is 0 Å². The van der Waals surface area contributed by atoms with Gasteiger partial charge in [-0.05, 0) is 60.0 Å². The molecular weight excluding hydrogens is 397 g/mol. The molecule has 0 saturated carbocycles. The fourth-order valence-electron chi connectivity index (χ4n) is 4.16. The molecule has 2 heterocycles. The highest BCUT2D eigenvalue weighted by atomic mass is 31.1. The van der Waals surface area contributed by atoms with Crippen molar-refractivity contribution in [2.45, 2.75) is 78.0 Å². The van der Waals surface area contributed by atoms with Crippen LogP contribution in [0.1, 0.15) is 55.4 Å². The van der Waals surface area contributed by atoms with Crippen LogP contribution in [-0.4, -0.2) is 39.3 Å². The minimum absolute atomic E-state index is 0.224. The molecule has 2 aromatic rings. The number of hydrogen-bond acceptors (Lipinski definition) is 2. The molecule has 0 bridgehead atoms. The summed E-state index contributed by atoms with van der Waals surface area (Å²) >= 11 is 0. The fraction of sp³-hybridized carbons (Fsp3) is 0.565. The van der Waals surface area contributed by atoms with Gasteiger partial charge >= 0.3 is 0 Å². The second-order valence-electron chi connectivity index (χ2n) is 8.48. The lowest BCUT2D eigenvalue weighted by molar-refractivity contribution is 1.02. The second kappa shape index (κ2) is 10.6. The molecule has 0 aliphatic heterocycles. The molecule has 0 radical (unpaired) electrons. The average molecular weight is 434 g/mol. The van der Waals surface area contributed by atoms with Gasteiger partial charge in [-0.1, -0.05) is 71.2 Å². The summed E-state index contributed by atoms with van der Waals surface area (Å²) < 4.78 is 0. The zero-order chi connectivity index (χ0) is 21.0. The monoisotopic (exact) mass is 434 g/mol. The Balaban J connectivity index is 2.59. The molecule has 0 unspecified atom stereocenters. The van der Waals surface area contributed by atoms with Crippen LogP contribution < -0.4 is 21.2 Å². The van der Waals surface area contributed by atoms with Gasteiger partial charge < -0.3 is 0 Å². The molecule has 0 aliphatic carbocycles. The minimum atomic E-state index is -0.424. The van der Waals surface area contributed by atoms with Gasteiger partial charge in [0.2, 0.25) is 0 Å². The van der Waals surface area contributed by atoms with Crippen LogP contribution in [0.5, 0.6) is 0 Å². The maximum absolute atomic E-state index is 4.54. The molecule has 2 rings (SSSR count). The van der Waals surface area contributed by atoms with E-state index in [1.54, 1.807) is 0 Å². The average Bonchev–Trinajstić information content (AvgIpc) is 2.61. The van der Waals surface area contributed by atoms with Crippen LogP contribution in [-0.2, 0) is 0 Å². The SMILES string of the molecule is CC(C)P(c1cnccc1P(C)c1ccncc1P(C(C)C)C(C)C)C(C)C. The Kier molecular flexibility index (Phi) is 9.01. The van der Waals surface area contributed by atoms with Gasteiger partial charge in [0.05, 0.1) is 0 Å². The van der Waals surface area contributed by atoms with E-state index in [0.29, 0.717) is 22.6 Å². The standard InChI is InChI=1S/C23H37N2P3/c1-16(2)27(17(3)4)22-14-24-12-10-20(22)26(9)21-11-13-25-15-23(21)28(18(5)6)19(7)8/h10-19H,1-9H3. The van der Waals surface area contributed by atoms with E-state index in [9.17, 15) is 0 Å². The molecule has 2 nitrogen and oxygen atoms in total.